The Labute approximate surface area is 158 Å². The number of carbonyl (C=O) groups is 1. The largest absolute Gasteiger partial charge is 0.322 e. The summed E-state index contributed by atoms with van der Waals surface area (Å²) in [6.07, 6.45) is 6.04. The van der Waals surface area contributed by atoms with E-state index in [1.807, 2.05) is 24.4 Å². The molecule has 1 N–H and O–H groups in total. The van der Waals surface area contributed by atoms with Gasteiger partial charge in [-0.1, -0.05) is 18.6 Å². The van der Waals surface area contributed by atoms with Crippen LogP contribution in [0.2, 0.25) is 0 Å². The third-order valence-electron chi connectivity index (χ3n) is 4.36. The van der Waals surface area contributed by atoms with Crippen LogP contribution in [-0.2, 0) is 14.8 Å². The van der Waals surface area contributed by atoms with Crippen LogP contribution in [0.25, 0.3) is 6.08 Å². The van der Waals surface area contributed by atoms with Crippen LogP contribution in [-0.4, -0.2) is 31.7 Å². The minimum Gasteiger partial charge on any atom is -0.322 e. The van der Waals surface area contributed by atoms with Crippen molar-refractivity contribution in [2.45, 2.75) is 31.1 Å². The molecule has 0 spiro atoms. The van der Waals surface area contributed by atoms with E-state index < -0.39 is 10.0 Å². The Morgan fingerprint density at radius 3 is 2.65 bits per heavy atom. The number of aryl methyl sites for hydroxylation is 1. The van der Waals surface area contributed by atoms with Crippen molar-refractivity contribution >= 4 is 39.0 Å². The molecule has 1 aliphatic heterocycles. The molecule has 0 saturated carbocycles. The Balaban J connectivity index is 1.78. The topological polar surface area (TPSA) is 66.5 Å². The molecule has 1 aromatic carbocycles. The van der Waals surface area contributed by atoms with Crippen LogP contribution in [0.1, 0.15) is 29.7 Å². The van der Waals surface area contributed by atoms with Crippen LogP contribution in [0, 0.1) is 6.92 Å². The Morgan fingerprint density at radius 2 is 1.96 bits per heavy atom. The van der Waals surface area contributed by atoms with Gasteiger partial charge in [-0.15, -0.1) is 11.3 Å². The molecular formula is C19H22N2O3S2. The van der Waals surface area contributed by atoms with Crippen LogP contribution in [0.4, 0.5) is 5.69 Å². The number of hydrogen-bond acceptors (Lipinski definition) is 4. The highest BCUT2D eigenvalue weighted by Gasteiger charge is 2.26. The summed E-state index contributed by atoms with van der Waals surface area (Å²) in [5.41, 5.74) is 1.34. The van der Waals surface area contributed by atoms with Crippen molar-refractivity contribution in [3.63, 3.8) is 0 Å². The van der Waals surface area contributed by atoms with Crippen molar-refractivity contribution in [1.82, 2.24) is 4.31 Å². The van der Waals surface area contributed by atoms with Crippen molar-refractivity contribution in [1.29, 1.82) is 0 Å². The third kappa shape index (κ3) is 4.41. The lowest BCUT2D eigenvalue weighted by atomic mass is 10.2. The third-order valence-corrected chi connectivity index (χ3v) is 7.09. The van der Waals surface area contributed by atoms with E-state index in [4.69, 9.17) is 0 Å². The number of hydrogen-bond donors (Lipinski definition) is 1. The van der Waals surface area contributed by atoms with Crippen LogP contribution in [0.15, 0.2) is 46.7 Å². The lowest BCUT2D eigenvalue weighted by molar-refractivity contribution is -0.111. The average molecular weight is 391 g/mol. The van der Waals surface area contributed by atoms with E-state index in [-0.39, 0.29) is 10.8 Å². The summed E-state index contributed by atoms with van der Waals surface area (Å²) in [5.74, 6) is -0.283. The van der Waals surface area contributed by atoms with Gasteiger partial charge in [-0.2, -0.15) is 4.31 Å². The number of benzene rings is 1. The van der Waals surface area contributed by atoms with Crippen LogP contribution < -0.4 is 5.32 Å². The lowest BCUT2D eigenvalue weighted by Crippen LogP contribution is -2.35. The van der Waals surface area contributed by atoms with Crippen LogP contribution in [0.5, 0.6) is 0 Å². The second-order valence-electron chi connectivity index (χ2n) is 6.28. The van der Waals surface area contributed by atoms with Crippen LogP contribution >= 0.6 is 11.3 Å². The number of nitrogens with one attached hydrogen (secondary N) is 1. The summed E-state index contributed by atoms with van der Waals surface area (Å²) in [6, 6.07) is 8.73. The van der Waals surface area contributed by atoms with Gasteiger partial charge in [0.25, 0.3) is 0 Å². The molecule has 0 bridgehead atoms. The molecule has 138 valence electrons. The first kappa shape index (κ1) is 18.8. The number of nitrogens with zero attached hydrogens (tertiary/aromatic N) is 1. The van der Waals surface area contributed by atoms with Gasteiger partial charge in [-0.3, -0.25) is 4.79 Å². The molecule has 1 saturated heterocycles. The zero-order valence-corrected chi connectivity index (χ0v) is 16.3. The Hall–Kier alpha value is -1.96. The van der Waals surface area contributed by atoms with Gasteiger partial charge in [0.2, 0.25) is 15.9 Å². The second-order valence-corrected chi connectivity index (χ2v) is 9.20. The number of carbonyl (C=O) groups excluding carboxylic acids is 1. The molecular weight excluding hydrogens is 368 g/mol. The zero-order chi connectivity index (χ0) is 18.6. The molecule has 1 fully saturated rings. The smallest absolute Gasteiger partial charge is 0.248 e. The molecule has 1 aliphatic rings. The summed E-state index contributed by atoms with van der Waals surface area (Å²) < 4.78 is 27.2. The number of amides is 1. The predicted octanol–water partition coefficient (Wildman–Crippen LogP) is 3.88. The van der Waals surface area contributed by atoms with Gasteiger partial charge < -0.3 is 5.32 Å². The van der Waals surface area contributed by atoms with E-state index in [1.165, 1.54) is 10.4 Å². The maximum absolute atomic E-state index is 12.8. The summed E-state index contributed by atoms with van der Waals surface area (Å²) in [6.45, 7) is 2.96. The van der Waals surface area contributed by atoms with Gasteiger partial charge in [-0.25, -0.2) is 8.42 Å². The summed E-state index contributed by atoms with van der Waals surface area (Å²) in [7, 11) is -3.52. The molecule has 3 rings (SSSR count). The summed E-state index contributed by atoms with van der Waals surface area (Å²) in [5, 5.41) is 4.73. The van der Waals surface area contributed by atoms with E-state index in [1.54, 1.807) is 35.6 Å². The predicted molar refractivity (Wildman–Crippen MR) is 106 cm³/mol. The molecule has 7 heteroatoms. The van der Waals surface area contributed by atoms with E-state index >= 15 is 0 Å². The van der Waals surface area contributed by atoms with Gasteiger partial charge in [0, 0.05) is 29.7 Å². The minimum atomic E-state index is -3.52. The van der Waals surface area contributed by atoms with E-state index in [9.17, 15) is 13.2 Å². The quantitative estimate of drug-likeness (QED) is 0.788. The fraction of sp³-hybridized carbons (Fsp3) is 0.316. The monoisotopic (exact) mass is 390 g/mol. The molecule has 0 atom stereocenters. The number of thiophene rings is 1. The van der Waals surface area contributed by atoms with Crippen molar-refractivity contribution < 1.29 is 13.2 Å². The first-order valence-electron chi connectivity index (χ1n) is 8.60. The molecule has 5 nitrogen and oxygen atoms in total. The summed E-state index contributed by atoms with van der Waals surface area (Å²) in [4.78, 5) is 13.4. The van der Waals surface area contributed by atoms with Crippen molar-refractivity contribution in [2.75, 3.05) is 18.4 Å². The highest BCUT2D eigenvalue weighted by molar-refractivity contribution is 7.89. The zero-order valence-electron chi connectivity index (χ0n) is 14.6. The molecule has 0 unspecified atom stereocenters. The fourth-order valence-corrected chi connectivity index (χ4v) is 5.03. The lowest BCUT2D eigenvalue weighted by Gasteiger charge is -2.26. The number of piperidine rings is 1. The van der Waals surface area contributed by atoms with Crippen molar-refractivity contribution in [3.8, 4) is 0 Å². The fourth-order valence-electron chi connectivity index (χ4n) is 2.87. The normalized spacial score (nSPS) is 16.0. The maximum Gasteiger partial charge on any atom is 0.248 e. The molecule has 1 amide bonds. The minimum absolute atomic E-state index is 0.225. The van der Waals surface area contributed by atoms with Gasteiger partial charge in [-0.05, 0) is 55.0 Å². The average Bonchev–Trinajstić information content (AvgIpc) is 3.16. The standard InChI is InChI=1S/C19H22N2O3S2/c1-15-7-9-17(26(23,24)21-11-3-2-4-12-21)14-18(15)20-19(22)10-8-16-6-5-13-25-16/h5-10,13-14H,2-4,11-12H2,1H3,(H,20,22)/b10-8+. The first-order chi connectivity index (χ1) is 12.5. The highest BCUT2D eigenvalue weighted by Crippen LogP contribution is 2.25. The molecule has 0 aliphatic carbocycles. The van der Waals surface area contributed by atoms with Gasteiger partial charge in [0.15, 0.2) is 0 Å². The SMILES string of the molecule is Cc1ccc(S(=O)(=O)N2CCCCC2)cc1NC(=O)/C=C/c1cccs1. The molecule has 0 radical (unpaired) electrons. The molecule has 1 aromatic heterocycles. The van der Waals surface area contributed by atoms with Gasteiger partial charge in [0.05, 0.1) is 4.90 Å². The van der Waals surface area contributed by atoms with Crippen LogP contribution in [0.3, 0.4) is 0 Å². The Bertz CT molecular complexity index is 897. The maximum atomic E-state index is 12.8. The van der Waals surface area contributed by atoms with Gasteiger partial charge >= 0.3 is 0 Å². The van der Waals surface area contributed by atoms with E-state index in [2.05, 4.69) is 5.32 Å². The number of sulfonamides is 1. The highest BCUT2D eigenvalue weighted by atomic mass is 32.2. The molecule has 26 heavy (non-hydrogen) atoms. The summed E-state index contributed by atoms with van der Waals surface area (Å²) >= 11 is 1.54. The van der Waals surface area contributed by atoms with Gasteiger partial charge in [0.1, 0.15) is 0 Å². The number of rotatable bonds is 5. The Morgan fingerprint density at radius 1 is 1.19 bits per heavy atom. The molecule has 2 heterocycles. The van der Waals surface area contributed by atoms with Crippen molar-refractivity contribution in [2.24, 2.45) is 0 Å². The van der Waals surface area contributed by atoms with E-state index in [0.29, 0.717) is 18.8 Å². The molecule has 2 aromatic rings. The first-order valence-corrected chi connectivity index (χ1v) is 10.9. The Kier molecular flexibility index (Phi) is 5.90. The van der Waals surface area contributed by atoms with Crippen molar-refractivity contribution in [3.05, 3.63) is 52.2 Å². The van der Waals surface area contributed by atoms with E-state index in [0.717, 1.165) is 29.7 Å². The second kappa shape index (κ2) is 8.16. The number of anilines is 1.